The number of carbonyl (C=O) groups is 1. The number of aromatic nitrogens is 2. The molecule has 0 spiro atoms. The molecule has 0 aromatic carbocycles. The van der Waals surface area contributed by atoms with Crippen molar-refractivity contribution in [3.63, 3.8) is 0 Å². The van der Waals surface area contributed by atoms with Crippen molar-refractivity contribution in [3.8, 4) is 0 Å². The number of nitrogens with zero attached hydrogens (tertiary/aromatic N) is 2. The Hall–Kier alpha value is -1.84. The summed E-state index contributed by atoms with van der Waals surface area (Å²) in [5.41, 5.74) is 1.80. The summed E-state index contributed by atoms with van der Waals surface area (Å²) in [6.07, 6.45) is 3.29. The largest absolute Gasteiger partial charge is 0.476 e. The maximum atomic E-state index is 10.6. The topological polar surface area (TPSA) is 54.6 Å². The van der Waals surface area contributed by atoms with Crippen molar-refractivity contribution in [1.82, 2.24) is 9.38 Å². The van der Waals surface area contributed by atoms with E-state index in [1.807, 2.05) is 19.1 Å². The molecule has 0 bridgehead atoms. The lowest BCUT2D eigenvalue weighted by atomic mass is 10.3. The number of hydrogen-bond donors (Lipinski definition) is 1. The highest BCUT2D eigenvalue weighted by Crippen LogP contribution is 2.07. The lowest BCUT2D eigenvalue weighted by molar-refractivity contribution is 0.0691. The first-order valence-electron chi connectivity index (χ1n) is 3.85. The molecule has 66 valence electrons. The Bertz CT molecular complexity index is 473. The Morgan fingerprint density at radius 3 is 3.08 bits per heavy atom. The van der Waals surface area contributed by atoms with E-state index in [2.05, 4.69) is 4.98 Å². The van der Waals surface area contributed by atoms with Crippen LogP contribution in [0.15, 0.2) is 24.5 Å². The van der Waals surface area contributed by atoms with Gasteiger partial charge in [-0.25, -0.2) is 9.78 Å². The van der Waals surface area contributed by atoms with E-state index < -0.39 is 5.97 Å². The van der Waals surface area contributed by atoms with Gasteiger partial charge in [0.1, 0.15) is 5.65 Å². The number of aromatic carboxylic acids is 1. The molecule has 1 N–H and O–H groups in total. The van der Waals surface area contributed by atoms with E-state index in [1.165, 1.54) is 6.20 Å². The fraction of sp³-hybridized carbons (Fsp3) is 0.111. The zero-order valence-corrected chi connectivity index (χ0v) is 7.06. The molecule has 0 aliphatic heterocycles. The number of aryl methyl sites for hydroxylation is 1. The van der Waals surface area contributed by atoms with Crippen LogP contribution >= 0.6 is 0 Å². The van der Waals surface area contributed by atoms with Crippen molar-refractivity contribution in [2.45, 2.75) is 6.92 Å². The van der Waals surface area contributed by atoms with Gasteiger partial charge in [0, 0.05) is 12.4 Å². The predicted octanol–water partition coefficient (Wildman–Crippen LogP) is 1.34. The van der Waals surface area contributed by atoms with Crippen molar-refractivity contribution < 1.29 is 9.90 Å². The predicted molar refractivity (Wildman–Crippen MR) is 46.9 cm³/mol. The van der Waals surface area contributed by atoms with Gasteiger partial charge < -0.3 is 9.51 Å². The van der Waals surface area contributed by atoms with E-state index in [1.54, 1.807) is 10.6 Å². The summed E-state index contributed by atoms with van der Waals surface area (Å²) >= 11 is 0. The van der Waals surface area contributed by atoms with E-state index in [4.69, 9.17) is 5.11 Å². The number of imidazole rings is 1. The molecule has 2 aromatic rings. The monoisotopic (exact) mass is 176 g/mol. The third-order valence-electron chi connectivity index (χ3n) is 1.83. The number of carboxylic acids is 1. The lowest BCUT2D eigenvalue weighted by Crippen LogP contribution is -1.94. The summed E-state index contributed by atoms with van der Waals surface area (Å²) in [6.45, 7) is 1.94. The Balaban J connectivity index is 2.68. The van der Waals surface area contributed by atoms with Crippen molar-refractivity contribution in [3.05, 3.63) is 35.8 Å². The van der Waals surface area contributed by atoms with E-state index in [0.717, 1.165) is 5.56 Å². The van der Waals surface area contributed by atoms with E-state index in [0.29, 0.717) is 5.65 Å². The van der Waals surface area contributed by atoms with Gasteiger partial charge in [-0.05, 0) is 24.6 Å². The summed E-state index contributed by atoms with van der Waals surface area (Å²) in [7, 11) is 0. The molecule has 2 heterocycles. The Labute approximate surface area is 74.5 Å². The Kier molecular flexibility index (Phi) is 1.55. The quantitative estimate of drug-likeness (QED) is 0.713. The molecule has 0 fully saturated rings. The molecular formula is C9H8N2O2. The van der Waals surface area contributed by atoms with E-state index in [-0.39, 0.29) is 5.69 Å². The van der Waals surface area contributed by atoms with Crippen LogP contribution in [0.3, 0.4) is 0 Å². The molecule has 2 aromatic heterocycles. The van der Waals surface area contributed by atoms with E-state index in [9.17, 15) is 4.79 Å². The third kappa shape index (κ3) is 1.26. The summed E-state index contributed by atoms with van der Waals surface area (Å²) in [5, 5.41) is 8.68. The van der Waals surface area contributed by atoms with Crippen LogP contribution in [-0.2, 0) is 0 Å². The molecule has 0 radical (unpaired) electrons. The van der Waals surface area contributed by atoms with Crippen molar-refractivity contribution in [2.75, 3.05) is 0 Å². The molecule has 4 heteroatoms. The average Bonchev–Trinajstić information content (AvgIpc) is 2.46. The van der Waals surface area contributed by atoms with Gasteiger partial charge in [-0.1, -0.05) is 0 Å². The second-order valence-electron chi connectivity index (χ2n) is 2.90. The molecule has 0 atom stereocenters. The zero-order chi connectivity index (χ0) is 9.42. The molecule has 13 heavy (non-hydrogen) atoms. The summed E-state index contributed by atoms with van der Waals surface area (Å²) in [6, 6.07) is 3.74. The maximum Gasteiger partial charge on any atom is 0.356 e. The molecular weight excluding hydrogens is 168 g/mol. The lowest BCUT2D eigenvalue weighted by Gasteiger charge is -1.92. The van der Waals surface area contributed by atoms with Crippen molar-refractivity contribution in [1.29, 1.82) is 0 Å². The van der Waals surface area contributed by atoms with Crippen LogP contribution in [0.25, 0.3) is 5.65 Å². The fourth-order valence-corrected chi connectivity index (χ4v) is 1.19. The molecule has 4 nitrogen and oxygen atoms in total. The molecule has 0 unspecified atom stereocenters. The summed E-state index contributed by atoms with van der Waals surface area (Å²) in [4.78, 5) is 14.5. The minimum atomic E-state index is -0.999. The van der Waals surface area contributed by atoms with Crippen molar-refractivity contribution >= 4 is 11.6 Å². The molecule has 0 saturated carbocycles. The summed E-state index contributed by atoms with van der Waals surface area (Å²) < 4.78 is 1.69. The number of pyridine rings is 1. The summed E-state index contributed by atoms with van der Waals surface area (Å²) in [5.74, 6) is -0.999. The first-order valence-corrected chi connectivity index (χ1v) is 3.85. The molecule has 2 rings (SSSR count). The van der Waals surface area contributed by atoms with Crippen LogP contribution in [-0.4, -0.2) is 20.5 Å². The maximum absolute atomic E-state index is 10.6. The van der Waals surface area contributed by atoms with Crippen LogP contribution in [0.2, 0.25) is 0 Å². The van der Waals surface area contributed by atoms with Gasteiger partial charge in [-0.15, -0.1) is 0 Å². The fourth-order valence-electron chi connectivity index (χ4n) is 1.19. The molecule has 0 saturated heterocycles. The van der Waals surface area contributed by atoms with Gasteiger partial charge in [-0.2, -0.15) is 0 Å². The second kappa shape index (κ2) is 2.58. The molecule has 0 aliphatic rings. The van der Waals surface area contributed by atoms with Crippen LogP contribution in [0.1, 0.15) is 16.1 Å². The second-order valence-corrected chi connectivity index (χ2v) is 2.90. The smallest absolute Gasteiger partial charge is 0.356 e. The zero-order valence-electron chi connectivity index (χ0n) is 7.06. The first kappa shape index (κ1) is 7.79. The van der Waals surface area contributed by atoms with Gasteiger partial charge in [0.2, 0.25) is 0 Å². The highest BCUT2D eigenvalue weighted by molar-refractivity contribution is 5.86. The highest BCUT2D eigenvalue weighted by atomic mass is 16.4. The number of rotatable bonds is 1. The van der Waals surface area contributed by atoms with E-state index >= 15 is 0 Å². The van der Waals surface area contributed by atoms with Gasteiger partial charge in [0.05, 0.1) is 0 Å². The number of hydrogen-bond acceptors (Lipinski definition) is 2. The highest BCUT2D eigenvalue weighted by Gasteiger charge is 2.07. The van der Waals surface area contributed by atoms with Gasteiger partial charge >= 0.3 is 5.97 Å². The molecule has 0 amide bonds. The number of carboxylic acid groups (broad SMARTS) is 1. The van der Waals surface area contributed by atoms with Crippen LogP contribution < -0.4 is 0 Å². The van der Waals surface area contributed by atoms with Gasteiger partial charge in [0.25, 0.3) is 0 Å². The molecule has 0 aliphatic carbocycles. The minimum Gasteiger partial charge on any atom is -0.476 e. The van der Waals surface area contributed by atoms with Crippen LogP contribution in [0, 0.1) is 6.92 Å². The van der Waals surface area contributed by atoms with Gasteiger partial charge in [0.15, 0.2) is 5.69 Å². The number of fused-ring (bicyclic) bond motifs is 1. The van der Waals surface area contributed by atoms with Crippen LogP contribution in [0.4, 0.5) is 0 Å². The van der Waals surface area contributed by atoms with Crippen molar-refractivity contribution in [2.24, 2.45) is 0 Å². The average molecular weight is 176 g/mol. The minimum absolute atomic E-state index is 0.0746. The Morgan fingerprint density at radius 1 is 1.62 bits per heavy atom. The normalized spacial score (nSPS) is 10.5. The first-order chi connectivity index (χ1) is 6.16. The Morgan fingerprint density at radius 2 is 2.38 bits per heavy atom. The SMILES string of the molecule is Cc1ccn2cc(C(=O)O)nc2c1. The standard InChI is InChI=1S/C9H8N2O2/c1-6-2-3-11-5-7(9(12)13)10-8(11)4-6/h2-5H,1H3,(H,12,13). The van der Waals surface area contributed by atoms with Crippen LogP contribution in [0.5, 0.6) is 0 Å². The van der Waals surface area contributed by atoms with Gasteiger partial charge in [-0.3, -0.25) is 0 Å². The third-order valence-corrected chi connectivity index (χ3v) is 1.83.